The van der Waals surface area contributed by atoms with Crippen LogP contribution in [-0.4, -0.2) is 18.0 Å². The maximum Gasteiger partial charge on any atom is 0.190 e. The van der Waals surface area contributed by atoms with Gasteiger partial charge >= 0.3 is 0 Å². The molecule has 5 heteroatoms. The highest BCUT2D eigenvalue weighted by atomic mass is 16.5. The van der Waals surface area contributed by atoms with E-state index in [0.29, 0.717) is 5.69 Å². The van der Waals surface area contributed by atoms with E-state index in [1.54, 1.807) is 31.4 Å². The number of aliphatic hydroxyl groups is 1. The normalized spacial score (nSPS) is 25.5. The quantitative estimate of drug-likeness (QED) is 0.855. The highest BCUT2D eigenvalue weighted by molar-refractivity contribution is 6.00. The van der Waals surface area contributed by atoms with Gasteiger partial charge in [0.05, 0.1) is 12.8 Å². The molecule has 3 rings (SSSR count). The molecule has 2 aliphatic carbocycles. The van der Waals surface area contributed by atoms with Crippen molar-refractivity contribution in [3.05, 3.63) is 35.7 Å². The number of azo groups is 1. The molecule has 2 unspecified atom stereocenters. The Morgan fingerprint density at radius 3 is 2.38 bits per heavy atom. The van der Waals surface area contributed by atoms with E-state index in [2.05, 4.69) is 10.2 Å². The maximum absolute atomic E-state index is 12.3. The van der Waals surface area contributed by atoms with Gasteiger partial charge in [-0.3, -0.25) is 4.79 Å². The Labute approximate surface area is 123 Å². The monoisotopic (exact) mass is 286 g/mol. The van der Waals surface area contributed by atoms with Crippen LogP contribution >= 0.6 is 0 Å². The highest BCUT2D eigenvalue weighted by Gasteiger charge is 2.43. The van der Waals surface area contributed by atoms with Crippen molar-refractivity contribution in [2.75, 3.05) is 7.11 Å². The number of carbonyl (C=O) groups excluding carboxylic acids is 1. The number of rotatable bonds is 3. The second kappa shape index (κ2) is 5.68. The summed E-state index contributed by atoms with van der Waals surface area (Å²) in [6.07, 6.45) is 3.81. The SMILES string of the molecule is COc1ccc(N=NC2=C(O)C3CCCCC3C2=O)cc1. The van der Waals surface area contributed by atoms with Crippen LogP contribution in [0.3, 0.4) is 0 Å². The van der Waals surface area contributed by atoms with E-state index in [4.69, 9.17) is 4.74 Å². The molecule has 0 heterocycles. The van der Waals surface area contributed by atoms with Crippen LogP contribution in [0.5, 0.6) is 5.75 Å². The van der Waals surface area contributed by atoms with Gasteiger partial charge in [0.15, 0.2) is 11.5 Å². The lowest BCUT2D eigenvalue weighted by atomic mass is 9.80. The van der Waals surface area contributed by atoms with Crippen LogP contribution in [-0.2, 0) is 4.79 Å². The van der Waals surface area contributed by atoms with E-state index in [9.17, 15) is 9.90 Å². The van der Waals surface area contributed by atoms with E-state index in [-0.39, 0.29) is 29.1 Å². The topological polar surface area (TPSA) is 71.2 Å². The largest absolute Gasteiger partial charge is 0.510 e. The number of methoxy groups -OCH3 is 1. The van der Waals surface area contributed by atoms with Gasteiger partial charge in [0, 0.05) is 11.8 Å². The number of fused-ring (bicyclic) bond motifs is 1. The molecule has 110 valence electrons. The van der Waals surface area contributed by atoms with Crippen LogP contribution in [0, 0.1) is 11.8 Å². The lowest BCUT2D eigenvalue weighted by Crippen LogP contribution is -2.21. The zero-order chi connectivity index (χ0) is 14.8. The Hall–Kier alpha value is -2.17. The van der Waals surface area contributed by atoms with Crippen molar-refractivity contribution in [3.8, 4) is 5.75 Å². The third-order valence-electron chi connectivity index (χ3n) is 4.27. The molecule has 0 spiro atoms. The summed E-state index contributed by atoms with van der Waals surface area (Å²) in [5.41, 5.74) is 0.765. The first-order valence-electron chi connectivity index (χ1n) is 7.24. The fourth-order valence-corrected chi connectivity index (χ4v) is 3.11. The molecule has 21 heavy (non-hydrogen) atoms. The molecule has 2 aliphatic rings. The van der Waals surface area contributed by atoms with Crippen molar-refractivity contribution in [2.24, 2.45) is 22.1 Å². The number of benzene rings is 1. The van der Waals surface area contributed by atoms with Crippen molar-refractivity contribution in [3.63, 3.8) is 0 Å². The third kappa shape index (κ3) is 2.55. The zero-order valence-corrected chi connectivity index (χ0v) is 12.0. The molecule has 0 bridgehead atoms. The van der Waals surface area contributed by atoms with Crippen LogP contribution in [0.25, 0.3) is 0 Å². The number of ether oxygens (including phenoxy) is 1. The molecule has 1 fully saturated rings. The van der Waals surface area contributed by atoms with Gasteiger partial charge in [0.25, 0.3) is 0 Å². The van der Waals surface area contributed by atoms with E-state index < -0.39 is 0 Å². The maximum atomic E-state index is 12.3. The first kappa shape index (κ1) is 13.8. The average molecular weight is 286 g/mol. The number of aliphatic hydroxyl groups excluding tert-OH is 1. The van der Waals surface area contributed by atoms with E-state index in [1.807, 2.05) is 0 Å². The van der Waals surface area contributed by atoms with Gasteiger partial charge in [-0.25, -0.2) is 0 Å². The fraction of sp³-hybridized carbons (Fsp3) is 0.438. The van der Waals surface area contributed by atoms with Gasteiger partial charge in [-0.1, -0.05) is 12.8 Å². The first-order chi connectivity index (χ1) is 10.2. The Bertz CT molecular complexity index is 604. The van der Waals surface area contributed by atoms with Crippen molar-refractivity contribution < 1.29 is 14.6 Å². The van der Waals surface area contributed by atoms with Crippen LogP contribution in [0.15, 0.2) is 46.0 Å². The second-order valence-corrected chi connectivity index (χ2v) is 5.49. The van der Waals surface area contributed by atoms with Gasteiger partial charge in [-0.2, -0.15) is 5.11 Å². The minimum absolute atomic E-state index is 0.0453. The molecule has 2 atom stereocenters. The van der Waals surface area contributed by atoms with Crippen LogP contribution < -0.4 is 4.74 Å². The molecule has 0 aromatic heterocycles. The minimum Gasteiger partial charge on any atom is -0.510 e. The number of hydrogen-bond donors (Lipinski definition) is 1. The molecule has 1 aromatic rings. The Morgan fingerprint density at radius 2 is 1.76 bits per heavy atom. The number of nitrogens with zero attached hydrogens (tertiary/aromatic N) is 2. The summed E-state index contributed by atoms with van der Waals surface area (Å²) < 4.78 is 5.07. The number of Topliss-reactive ketones (excluding diaryl/α,β-unsaturated/α-hetero) is 1. The summed E-state index contributed by atoms with van der Waals surface area (Å²) in [6.45, 7) is 0. The summed E-state index contributed by atoms with van der Waals surface area (Å²) in [5, 5.41) is 18.3. The molecule has 0 saturated heterocycles. The van der Waals surface area contributed by atoms with Crippen molar-refractivity contribution in [1.29, 1.82) is 0 Å². The summed E-state index contributed by atoms with van der Waals surface area (Å²) in [7, 11) is 1.60. The number of hydrogen-bond acceptors (Lipinski definition) is 5. The Kier molecular flexibility index (Phi) is 3.73. The van der Waals surface area contributed by atoms with Crippen LogP contribution in [0.2, 0.25) is 0 Å². The number of ketones is 1. The smallest absolute Gasteiger partial charge is 0.190 e. The fourth-order valence-electron chi connectivity index (χ4n) is 3.11. The predicted octanol–water partition coefficient (Wildman–Crippen LogP) is 3.94. The van der Waals surface area contributed by atoms with E-state index in [1.165, 1.54) is 0 Å². The van der Waals surface area contributed by atoms with Crippen LogP contribution in [0.4, 0.5) is 5.69 Å². The molecular formula is C16H18N2O3. The minimum atomic E-state index is -0.0939. The van der Waals surface area contributed by atoms with Crippen molar-refractivity contribution in [1.82, 2.24) is 0 Å². The van der Waals surface area contributed by atoms with Gasteiger partial charge in [0.2, 0.25) is 0 Å². The molecule has 5 nitrogen and oxygen atoms in total. The molecule has 0 amide bonds. The molecule has 1 aromatic carbocycles. The molecule has 0 radical (unpaired) electrons. The Balaban J connectivity index is 1.81. The second-order valence-electron chi connectivity index (χ2n) is 5.49. The summed E-state index contributed by atoms with van der Waals surface area (Å²) >= 11 is 0. The number of carbonyl (C=O) groups is 1. The van der Waals surface area contributed by atoms with Crippen LogP contribution in [0.1, 0.15) is 25.7 Å². The summed E-state index contributed by atoms with van der Waals surface area (Å²) in [6, 6.07) is 7.07. The van der Waals surface area contributed by atoms with Gasteiger partial charge in [-0.15, -0.1) is 5.11 Å². The van der Waals surface area contributed by atoms with Gasteiger partial charge in [-0.05, 0) is 37.1 Å². The van der Waals surface area contributed by atoms with Gasteiger partial charge in [0.1, 0.15) is 11.5 Å². The standard InChI is InChI=1S/C16H18N2O3/c1-21-11-8-6-10(7-9-11)17-18-14-15(19)12-4-2-3-5-13(12)16(14)20/h6-9,12-13,19H,2-5H2,1H3. The van der Waals surface area contributed by atoms with Crippen molar-refractivity contribution >= 4 is 11.5 Å². The highest BCUT2D eigenvalue weighted by Crippen LogP contribution is 2.43. The molecule has 1 saturated carbocycles. The first-order valence-corrected chi connectivity index (χ1v) is 7.24. The van der Waals surface area contributed by atoms with Crippen molar-refractivity contribution in [2.45, 2.75) is 25.7 Å². The number of allylic oxidation sites excluding steroid dienone is 2. The molecule has 0 aliphatic heterocycles. The zero-order valence-electron chi connectivity index (χ0n) is 12.0. The molecule has 1 N–H and O–H groups in total. The lowest BCUT2D eigenvalue weighted by molar-refractivity contribution is -0.120. The Morgan fingerprint density at radius 1 is 1.10 bits per heavy atom. The van der Waals surface area contributed by atoms with E-state index in [0.717, 1.165) is 31.4 Å². The molecular weight excluding hydrogens is 268 g/mol. The summed E-state index contributed by atoms with van der Waals surface area (Å²) in [4.78, 5) is 12.3. The van der Waals surface area contributed by atoms with Gasteiger partial charge < -0.3 is 9.84 Å². The average Bonchev–Trinajstić information content (AvgIpc) is 2.78. The third-order valence-corrected chi connectivity index (χ3v) is 4.27. The summed E-state index contributed by atoms with van der Waals surface area (Å²) in [5.74, 6) is 0.662. The predicted molar refractivity (Wildman–Crippen MR) is 77.6 cm³/mol. The lowest BCUT2D eigenvalue weighted by Gasteiger charge is -2.23. The van der Waals surface area contributed by atoms with E-state index >= 15 is 0 Å².